The zero-order valence-electron chi connectivity index (χ0n) is 19.4. The zero-order chi connectivity index (χ0) is 22.5. The maximum absolute atomic E-state index is 11.7. The summed E-state index contributed by atoms with van der Waals surface area (Å²) >= 11 is 0. The van der Waals surface area contributed by atoms with Crippen molar-refractivity contribution in [3.8, 4) is 0 Å². The molecule has 0 saturated carbocycles. The lowest BCUT2D eigenvalue weighted by molar-refractivity contribution is -0.310. The second-order valence-electron chi connectivity index (χ2n) is 8.77. The smallest absolute Gasteiger partial charge is 0.172 e. The van der Waals surface area contributed by atoms with E-state index in [2.05, 4.69) is 6.92 Å². The van der Waals surface area contributed by atoms with Gasteiger partial charge in [-0.1, -0.05) is 122 Å². The van der Waals surface area contributed by atoms with Crippen LogP contribution in [0.3, 0.4) is 0 Å². The van der Waals surface area contributed by atoms with Crippen molar-refractivity contribution in [2.24, 2.45) is 5.92 Å². The molecule has 0 bridgehead atoms. The third-order valence-electron chi connectivity index (χ3n) is 5.98. The van der Waals surface area contributed by atoms with Gasteiger partial charge in [0.05, 0.1) is 18.5 Å². The Kier molecular flexibility index (Phi) is 20.6. The molecule has 0 aliphatic heterocycles. The van der Waals surface area contributed by atoms with E-state index in [1.807, 2.05) is 0 Å². The Morgan fingerprint density at radius 1 is 0.667 bits per heavy atom. The first kappa shape index (κ1) is 29.1. The Hall–Kier alpha value is -0.940. The fourth-order valence-electron chi connectivity index (χ4n) is 3.95. The highest BCUT2D eigenvalue weighted by atomic mass is 16.4. The number of aliphatic carboxylic acids is 1. The summed E-state index contributed by atoms with van der Waals surface area (Å²) in [4.78, 5) is 22.7. The van der Waals surface area contributed by atoms with Crippen LogP contribution in [0, 0.1) is 5.92 Å². The number of unbranched alkanes of at least 4 members (excludes halogenated alkanes) is 17. The molecule has 0 aromatic heterocycles. The average molecular weight is 428 g/mol. The summed E-state index contributed by atoms with van der Waals surface area (Å²) in [5, 5.41) is 29.1. The molecule has 0 fully saturated rings. The second-order valence-corrected chi connectivity index (χ2v) is 8.77. The van der Waals surface area contributed by atoms with Crippen molar-refractivity contribution in [3.63, 3.8) is 0 Å². The topological polar surface area (TPSA) is 97.7 Å². The van der Waals surface area contributed by atoms with Gasteiger partial charge in [0.2, 0.25) is 0 Å². The summed E-state index contributed by atoms with van der Waals surface area (Å²) in [6.07, 6.45) is 21.2. The summed E-state index contributed by atoms with van der Waals surface area (Å²) in [5.74, 6) is -3.61. The number of hydrogen-bond acceptors (Lipinski definition) is 5. The highest BCUT2D eigenvalue weighted by Crippen LogP contribution is 2.16. The molecule has 0 amide bonds. The second kappa shape index (κ2) is 21.3. The van der Waals surface area contributed by atoms with Crippen LogP contribution in [-0.2, 0) is 9.59 Å². The molecule has 0 aliphatic carbocycles. The third-order valence-corrected chi connectivity index (χ3v) is 5.98. The number of carbonyl (C=O) groups is 2. The van der Waals surface area contributed by atoms with Crippen molar-refractivity contribution in [2.45, 2.75) is 135 Å². The van der Waals surface area contributed by atoms with Crippen molar-refractivity contribution in [1.29, 1.82) is 0 Å². The molecule has 0 spiro atoms. The van der Waals surface area contributed by atoms with E-state index >= 15 is 0 Å². The monoisotopic (exact) mass is 427 g/mol. The van der Waals surface area contributed by atoms with Gasteiger partial charge in [-0.05, 0) is 6.42 Å². The van der Waals surface area contributed by atoms with Gasteiger partial charge in [0, 0.05) is 0 Å². The number of carboxylic acid groups (broad SMARTS) is 1. The molecule has 30 heavy (non-hydrogen) atoms. The minimum atomic E-state index is -1.62. The first-order chi connectivity index (χ1) is 14.5. The fourth-order valence-corrected chi connectivity index (χ4v) is 3.95. The Morgan fingerprint density at radius 3 is 1.30 bits per heavy atom. The normalized spacial score (nSPS) is 13.3. The van der Waals surface area contributed by atoms with Crippen LogP contribution in [0.15, 0.2) is 0 Å². The third kappa shape index (κ3) is 16.8. The van der Waals surface area contributed by atoms with Gasteiger partial charge in [-0.15, -0.1) is 0 Å². The quantitative estimate of drug-likeness (QED) is 0.182. The number of hydrogen-bond donors (Lipinski definition) is 2. The lowest BCUT2D eigenvalue weighted by Crippen LogP contribution is -2.42. The standard InChI is InChI=1S/C25H48O5/c1-2-3-4-5-6-7-8-9-10-11-12-13-14-15-16-17-18-19-20-22(25(29)30)24(28)23(27)21-26/h22-23,26-27H,2-21H2,1H3,(H,29,30)/p-1. The van der Waals surface area contributed by atoms with E-state index < -0.39 is 30.4 Å². The van der Waals surface area contributed by atoms with Crippen molar-refractivity contribution in [2.75, 3.05) is 6.61 Å². The van der Waals surface area contributed by atoms with Gasteiger partial charge in [0.1, 0.15) is 6.10 Å². The molecule has 178 valence electrons. The number of carboxylic acids is 1. The van der Waals surface area contributed by atoms with Crippen LogP contribution in [0.4, 0.5) is 0 Å². The SMILES string of the molecule is CCCCCCCCCCCCCCCCCCCCC(C(=O)[O-])C(=O)C(O)CO. The predicted molar refractivity (Wildman–Crippen MR) is 120 cm³/mol. The Labute approximate surface area is 184 Å². The molecule has 5 nitrogen and oxygen atoms in total. The molecule has 5 heteroatoms. The summed E-state index contributed by atoms with van der Waals surface area (Å²) in [6.45, 7) is 1.51. The van der Waals surface area contributed by atoms with Gasteiger partial charge in [-0.2, -0.15) is 0 Å². The van der Waals surface area contributed by atoms with Crippen molar-refractivity contribution >= 4 is 11.8 Å². The van der Waals surface area contributed by atoms with Crippen LogP contribution in [0.5, 0.6) is 0 Å². The molecule has 0 radical (unpaired) electrons. The maximum Gasteiger partial charge on any atom is 0.172 e. The summed E-state index contributed by atoms with van der Waals surface area (Å²) in [6, 6.07) is 0. The molecular formula is C25H47O5-. The largest absolute Gasteiger partial charge is 0.549 e. The van der Waals surface area contributed by atoms with Gasteiger partial charge in [-0.3, -0.25) is 4.79 Å². The fraction of sp³-hybridized carbons (Fsp3) is 0.920. The van der Waals surface area contributed by atoms with Gasteiger partial charge >= 0.3 is 0 Å². The van der Waals surface area contributed by atoms with E-state index in [4.69, 9.17) is 5.11 Å². The Balaban J connectivity index is 3.40. The summed E-state index contributed by atoms with van der Waals surface area (Å²) in [7, 11) is 0. The van der Waals surface area contributed by atoms with Gasteiger partial charge < -0.3 is 20.1 Å². The number of carbonyl (C=O) groups excluding carboxylic acids is 2. The van der Waals surface area contributed by atoms with Crippen molar-refractivity contribution in [3.05, 3.63) is 0 Å². The van der Waals surface area contributed by atoms with E-state index in [0.717, 1.165) is 19.3 Å². The van der Waals surface area contributed by atoms with Crippen LogP contribution >= 0.6 is 0 Å². The lowest BCUT2D eigenvalue weighted by Gasteiger charge is -2.19. The molecule has 0 aromatic carbocycles. The molecule has 0 saturated heterocycles. The number of aliphatic hydroxyl groups excluding tert-OH is 2. The Bertz CT molecular complexity index is 410. The molecule has 2 unspecified atom stereocenters. The number of aliphatic hydroxyl groups is 2. The minimum absolute atomic E-state index is 0.178. The molecule has 0 rings (SSSR count). The molecule has 0 heterocycles. The van der Waals surface area contributed by atoms with Crippen molar-refractivity contribution < 1.29 is 24.9 Å². The van der Waals surface area contributed by atoms with Gasteiger partial charge in [0.15, 0.2) is 5.78 Å². The molecule has 0 aromatic rings. The number of rotatable bonds is 23. The zero-order valence-corrected chi connectivity index (χ0v) is 19.4. The van der Waals surface area contributed by atoms with E-state index in [1.165, 1.54) is 89.9 Å². The van der Waals surface area contributed by atoms with Gasteiger partial charge in [-0.25, -0.2) is 0 Å². The van der Waals surface area contributed by atoms with Crippen LogP contribution in [0.2, 0.25) is 0 Å². The first-order valence-corrected chi connectivity index (χ1v) is 12.6. The van der Waals surface area contributed by atoms with Crippen LogP contribution in [-0.4, -0.2) is 34.7 Å². The minimum Gasteiger partial charge on any atom is -0.549 e. The summed E-state index contributed by atoms with van der Waals surface area (Å²) in [5.41, 5.74) is 0. The van der Waals surface area contributed by atoms with E-state index in [-0.39, 0.29) is 6.42 Å². The van der Waals surface area contributed by atoms with Gasteiger partial charge in [0.25, 0.3) is 0 Å². The highest BCUT2D eigenvalue weighted by molar-refractivity contribution is 5.99. The molecule has 2 atom stereocenters. The number of ketones is 1. The van der Waals surface area contributed by atoms with Crippen molar-refractivity contribution in [1.82, 2.24) is 0 Å². The Morgan fingerprint density at radius 2 is 1.00 bits per heavy atom. The van der Waals surface area contributed by atoms with E-state index in [1.54, 1.807) is 0 Å². The van der Waals surface area contributed by atoms with Crippen LogP contribution in [0.1, 0.15) is 129 Å². The van der Waals surface area contributed by atoms with Crippen LogP contribution < -0.4 is 5.11 Å². The molecule has 2 N–H and O–H groups in total. The first-order valence-electron chi connectivity index (χ1n) is 12.6. The highest BCUT2D eigenvalue weighted by Gasteiger charge is 2.25. The maximum atomic E-state index is 11.7. The molecular weight excluding hydrogens is 380 g/mol. The average Bonchev–Trinajstić information content (AvgIpc) is 2.74. The van der Waals surface area contributed by atoms with E-state index in [0.29, 0.717) is 6.42 Å². The number of Topliss-reactive ketones (excluding diaryl/α,β-unsaturated/α-hetero) is 1. The van der Waals surface area contributed by atoms with Crippen LogP contribution in [0.25, 0.3) is 0 Å². The lowest BCUT2D eigenvalue weighted by atomic mass is 9.93. The molecule has 0 aliphatic rings. The van der Waals surface area contributed by atoms with E-state index in [9.17, 15) is 19.8 Å². The predicted octanol–water partition coefficient (Wildman–Crippen LogP) is 4.71. The summed E-state index contributed by atoms with van der Waals surface area (Å²) < 4.78 is 0.